The van der Waals surface area contributed by atoms with Crippen molar-refractivity contribution in [1.29, 1.82) is 0 Å². The Bertz CT molecular complexity index is 417. The van der Waals surface area contributed by atoms with Crippen LogP contribution in [0.2, 0.25) is 0 Å². The van der Waals surface area contributed by atoms with Gasteiger partial charge in [-0.3, -0.25) is 9.59 Å². The van der Waals surface area contributed by atoms with Crippen LogP contribution in [0.15, 0.2) is 12.1 Å². The van der Waals surface area contributed by atoms with Crippen molar-refractivity contribution in [2.75, 3.05) is 11.9 Å². The summed E-state index contributed by atoms with van der Waals surface area (Å²) in [5.41, 5.74) is 0. The molecule has 0 spiro atoms. The molecular weight excluding hydrogens is 252 g/mol. The molecule has 0 saturated heterocycles. The second-order valence-corrected chi connectivity index (χ2v) is 5.17. The molecule has 0 aliphatic rings. The van der Waals surface area contributed by atoms with Gasteiger partial charge in [0.2, 0.25) is 5.91 Å². The highest BCUT2D eigenvalue weighted by molar-refractivity contribution is 7.18. The number of carbonyl (C=O) groups is 2. The van der Waals surface area contributed by atoms with Gasteiger partial charge in [-0.2, -0.15) is 0 Å². The Hall–Kier alpha value is -1.40. The first-order valence-electron chi connectivity index (χ1n) is 5.82. The van der Waals surface area contributed by atoms with Crippen molar-refractivity contribution in [2.45, 2.75) is 32.7 Å². The summed E-state index contributed by atoms with van der Waals surface area (Å²) in [7, 11) is 0. The molecule has 0 aliphatic carbocycles. The fraction of sp³-hybridized carbons (Fsp3) is 0.500. The lowest BCUT2D eigenvalue weighted by molar-refractivity contribution is -0.114. The van der Waals surface area contributed by atoms with Crippen molar-refractivity contribution >= 4 is 28.2 Å². The van der Waals surface area contributed by atoms with E-state index in [1.165, 1.54) is 18.3 Å². The van der Waals surface area contributed by atoms with Gasteiger partial charge in [-0.25, -0.2) is 0 Å². The summed E-state index contributed by atoms with van der Waals surface area (Å²) in [5.74, 6) is -0.304. The first-order valence-corrected chi connectivity index (χ1v) is 6.63. The van der Waals surface area contributed by atoms with Gasteiger partial charge in [0.25, 0.3) is 5.91 Å². The van der Waals surface area contributed by atoms with Crippen LogP contribution in [0.4, 0.5) is 5.00 Å². The van der Waals surface area contributed by atoms with Gasteiger partial charge in [-0.15, -0.1) is 11.3 Å². The number of amides is 2. The van der Waals surface area contributed by atoms with E-state index in [-0.39, 0.29) is 24.5 Å². The molecule has 100 valence electrons. The van der Waals surface area contributed by atoms with Gasteiger partial charge in [0, 0.05) is 19.6 Å². The number of hydrogen-bond donors (Lipinski definition) is 3. The maximum Gasteiger partial charge on any atom is 0.261 e. The van der Waals surface area contributed by atoms with Gasteiger partial charge in [0.05, 0.1) is 9.88 Å². The predicted octanol–water partition coefficient (Wildman–Crippen LogP) is 1.60. The molecule has 1 atom stereocenters. The van der Waals surface area contributed by atoms with Crippen LogP contribution in [0.5, 0.6) is 0 Å². The van der Waals surface area contributed by atoms with Gasteiger partial charge in [0.15, 0.2) is 0 Å². The van der Waals surface area contributed by atoms with Crippen LogP contribution in [0.3, 0.4) is 0 Å². The Balaban J connectivity index is 2.51. The second kappa shape index (κ2) is 7.13. The Labute approximate surface area is 110 Å². The largest absolute Gasteiger partial charge is 0.396 e. The van der Waals surface area contributed by atoms with E-state index in [0.29, 0.717) is 16.3 Å². The van der Waals surface area contributed by atoms with Gasteiger partial charge in [0.1, 0.15) is 0 Å². The van der Waals surface area contributed by atoms with Crippen LogP contribution in [0.1, 0.15) is 36.4 Å². The van der Waals surface area contributed by atoms with E-state index in [4.69, 9.17) is 5.11 Å². The lowest BCUT2D eigenvalue weighted by Crippen LogP contribution is -2.32. The van der Waals surface area contributed by atoms with Crippen LogP contribution in [0.25, 0.3) is 0 Å². The van der Waals surface area contributed by atoms with Crippen LogP contribution < -0.4 is 10.6 Å². The zero-order chi connectivity index (χ0) is 13.5. The molecule has 1 unspecified atom stereocenters. The van der Waals surface area contributed by atoms with Crippen LogP contribution in [0, 0.1) is 0 Å². The Morgan fingerprint density at radius 3 is 2.78 bits per heavy atom. The van der Waals surface area contributed by atoms with Crippen molar-refractivity contribution in [2.24, 2.45) is 0 Å². The monoisotopic (exact) mass is 270 g/mol. The maximum atomic E-state index is 11.8. The molecule has 6 heteroatoms. The average Bonchev–Trinajstić information content (AvgIpc) is 2.73. The normalized spacial score (nSPS) is 11.9. The third kappa shape index (κ3) is 4.85. The standard InChI is InChI=1S/C12H18N2O3S/c1-8(4-3-7-15)13-12(17)10-5-6-11(18-10)14-9(2)16/h5-6,8,15H,3-4,7H2,1-2H3,(H,13,17)(H,14,16). The first-order chi connectivity index (χ1) is 8.52. The molecule has 18 heavy (non-hydrogen) atoms. The molecular formula is C12H18N2O3S. The van der Waals surface area contributed by atoms with E-state index < -0.39 is 0 Å². The lowest BCUT2D eigenvalue weighted by Gasteiger charge is -2.11. The topological polar surface area (TPSA) is 78.4 Å². The van der Waals surface area contributed by atoms with Crippen LogP contribution in [-0.4, -0.2) is 29.6 Å². The third-order valence-corrected chi connectivity index (χ3v) is 3.30. The summed E-state index contributed by atoms with van der Waals surface area (Å²) in [6, 6.07) is 3.42. The quantitative estimate of drug-likeness (QED) is 0.734. The number of anilines is 1. The molecule has 0 fully saturated rings. The van der Waals surface area contributed by atoms with E-state index in [1.807, 2.05) is 6.92 Å². The molecule has 5 nitrogen and oxygen atoms in total. The van der Waals surface area contributed by atoms with Crippen molar-refractivity contribution < 1.29 is 14.7 Å². The Kier molecular flexibility index (Phi) is 5.80. The van der Waals surface area contributed by atoms with E-state index in [2.05, 4.69) is 10.6 Å². The lowest BCUT2D eigenvalue weighted by atomic mass is 10.2. The summed E-state index contributed by atoms with van der Waals surface area (Å²) < 4.78 is 0. The van der Waals surface area contributed by atoms with Crippen molar-refractivity contribution in [3.63, 3.8) is 0 Å². The Morgan fingerprint density at radius 2 is 2.17 bits per heavy atom. The third-order valence-electron chi connectivity index (χ3n) is 2.30. The van der Waals surface area contributed by atoms with Gasteiger partial charge in [-0.05, 0) is 31.9 Å². The summed E-state index contributed by atoms with van der Waals surface area (Å²) in [4.78, 5) is 23.3. The van der Waals surface area contributed by atoms with Gasteiger partial charge >= 0.3 is 0 Å². The van der Waals surface area contributed by atoms with E-state index in [9.17, 15) is 9.59 Å². The number of aliphatic hydroxyl groups excluding tert-OH is 1. The Morgan fingerprint density at radius 1 is 1.44 bits per heavy atom. The fourth-order valence-corrected chi connectivity index (χ4v) is 2.32. The number of nitrogens with one attached hydrogen (secondary N) is 2. The van der Waals surface area contributed by atoms with Crippen molar-refractivity contribution in [1.82, 2.24) is 5.32 Å². The van der Waals surface area contributed by atoms with Gasteiger partial charge in [-0.1, -0.05) is 0 Å². The summed E-state index contributed by atoms with van der Waals surface area (Å²) in [6.07, 6.45) is 1.41. The van der Waals surface area contributed by atoms with E-state index >= 15 is 0 Å². The minimum absolute atomic E-state index is 0.0240. The minimum atomic E-state index is -0.153. The van der Waals surface area contributed by atoms with Crippen LogP contribution >= 0.6 is 11.3 Å². The van der Waals surface area contributed by atoms with Crippen molar-refractivity contribution in [3.05, 3.63) is 17.0 Å². The molecule has 0 aliphatic heterocycles. The predicted molar refractivity (Wildman–Crippen MR) is 71.9 cm³/mol. The zero-order valence-electron chi connectivity index (χ0n) is 10.5. The summed E-state index contributed by atoms with van der Waals surface area (Å²) in [6.45, 7) is 3.46. The summed E-state index contributed by atoms with van der Waals surface area (Å²) >= 11 is 1.24. The highest BCUT2D eigenvalue weighted by Crippen LogP contribution is 2.21. The van der Waals surface area contributed by atoms with E-state index in [1.54, 1.807) is 12.1 Å². The number of rotatable bonds is 6. The fourth-order valence-electron chi connectivity index (χ4n) is 1.47. The molecule has 0 radical (unpaired) electrons. The molecule has 1 aromatic rings. The first kappa shape index (κ1) is 14.7. The molecule has 1 aromatic heterocycles. The molecule has 0 saturated carbocycles. The average molecular weight is 270 g/mol. The van der Waals surface area contributed by atoms with Gasteiger partial charge < -0.3 is 15.7 Å². The molecule has 0 aromatic carbocycles. The molecule has 0 bridgehead atoms. The molecule has 3 N–H and O–H groups in total. The molecule has 1 heterocycles. The maximum absolute atomic E-state index is 11.8. The number of carbonyl (C=O) groups excluding carboxylic acids is 2. The van der Waals surface area contributed by atoms with Crippen molar-refractivity contribution in [3.8, 4) is 0 Å². The zero-order valence-corrected chi connectivity index (χ0v) is 11.3. The highest BCUT2D eigenvalue weighted by Gasteiger charge is 2.12. The number of thiophene rings is 1. The SMILES string of the molecule is CC(=O)Nc1ccc(C(=O)NC(C)CCCO)s1. The van der Waals surface area contributed by atoms with Crippen LogP contribution in [-0.2, 0) is 4.79 Å². The molecule has 2 amide bonds. The van der Waals surface area contributed by atoms with E-state index in [0.717, 1.165) is 6.42 Å². The second-order valence-electron chi connectivity index (χ2n) is 4.09. The number of hydrogen-bond acceptors (Lipinski definition) is 4. The molecule has 1 rings (SSSR count). The smallest absolute Gasteiger partial charge is 0.261 e. The summed E-state index contributed by atoms with van der Waals surface area (Å²) in [5, 5.41) is 14.8. The highest BCUT2D eigenvalue weighted by atomic mass is 32.1. The minimum Gasteiger partial charge on any atom is -0.396 e. The number of aliphatic hydroxyl groups is 1.